The van der Waals surface area contributed by atoms with Crippen LogP contribution in [0.2, 0.25) is 0 Å². The Morgan fingerprint density at radius 1 is 1.36 bits per heavy atom. The Bertz CT molecular complexity index is 387. The van der Waals surface area contributed by atoms with Crippen LogP contribution in [0.5, 0.6) is 0 Å². The van der Waals surface area contributed by atoms with E-state index in [2.05, 4.69) is 18.6 Å². The summed E-state index contributed by atoms with van der Waals surface area (Å²) in [6.45, 7) is 4.51. The summed E-state index contributed by atoms with van der Waals surface area (Å²) < 4.78 is 26.0. The van der Waals surface area contributed by atoms with Gasteiger partial charge in [-0.05, 0) is 30.6 Å². The highest BCUT2D eigenvalue weighted by Crippen LogP contribution is 2.67. The highest BCUT2D eigenvalue weighted by Gasteiger charge is 2.68. The first-order chi connectivity index (χ1) is 6.37. The Morgan fingerprint density at radius 2 is 2.07 bits per heavy atom. The van der Waals surface area contributed by atoms with Crippen molar-refractivity contribution in [2.45, 2.75) is 39.2 Å². The first-order valence-electron chi connectivity index (χ1n) is 5.37. The molecule has 14 heavy (non-hydrogen) atoms. The lowest BCUT2D eigenvalue weighted by atomic mass is 9.69. The maximum atomic E-state index is 11.6. The summed E-state index contributed by atoms with van der Waals surface area (Å²) >= 11 is 0. The van der Waals surface area contributed by atoms with E-state index in [1.165, 1.54) is 6.42 Å². The van der Waals surface area contributed by atoms with E-state index in [0.717, 1.165) is 18.8 Å². The van der Waals surface area contributed by atoms with Gasteiger partial charge in [0.15, 0.2) is 0 Å². The van der Waals surface area contributed by atoms with Crippen molar-refractivity contribution in [1.82, 2.24) is 4.72 Å². The van der Waals surface area contributed by atoms with Crippen LogP contribution in [0.3, 0.4) is 0 Å². The first kappa shape index (κ1) is 9.16. The molecule has 4 heteroatoms. The van der Waals surface area contributed by atoms with Gasteiger partial charge >= 0.3 is 0 Å². The standard InChI is InChI=1S/C10H17NO2S/c1-9(2)7-3-4-10(9)6-14(12,13)11-8(10)5-7/h7-8,11H,3-6H2,1-2H3/t7-,8+,10-/m1/s1. The number of fused-ring (bicyclic) bond motifs is 1. The van der Waals surface area contributed by atoms with E-state index in [-0.39, 0.29) is 16.9 Å². The molecule has 2 aliphatic carbocycles. The van der Waals surface area contributed by atoms with E-state index in [1.54, 1.807) is 0 Å². The molecule has 3 nitrogen and oxygen atoms in total. The maximum Gasteiger partial charge on any atom is 0.212 e. The lowest BCUT2D eigenvalue weighted by Gasteiger charge is -2.36. The minimum Gasteiger partial charge on any atom is -0.212 e. The maximum absolute atomic E-state index is 11.6. The molecule has 3 atom stereocenters. The highest BCUT2D eigenvalue weighted by molar-refractivity contribution is 7.89. The van der Waals surface area contributed by atoms with Crippen molar-refractivity contribution < 1.29 is 8.42 Å². The molecule has 0 aromatic heterocycles. The van der Waals surface area contributed by atoms with Crippen molar-refractivity contribution in [3.8, 4) is 0 Å². The molecule has 1 saturated heterocycles. The number of nitrogens with one attached hydrogen (secondary N) is 1. The number of rotatable bonds is 0. The van der Waals surface area contributed by atoms with Gasteiger partial charge in [-0.2, -0.15) is 0 Å². The van der Waals surface area contributed by atoms with Crippen LogP contribution in [0.25, 0.3) is 0 Å². The van der Waals surface area contributed by atoms with Crippen molar-refractivity contribution in [2.75, 3.05) is 5.75 Å². The van der Waals surface area contributed by atoms with E-state index in [9.17, 15) is 8.42 Å². The van der Waals surface area contributed by atoms with Crippen LogP contribution >= 0.6 is 0 Å². The van der Waals surface area contributed by atoms with Gasteiger partial charge in [-0.15, -0.1) is 0 Å². The monoisotopic (exact) mass is 215 g/mol. The zero-order valence-electron chi connectivity index (χ0n) is 8.71. The summed E-state index contributed by atoms with van der Waals surface area (Å²) in [5.74, 6) is 1.10. The average Bonchev–Trinajstić information content (AvgIpc) is 2.50. The third kappa shape index (κ3) is 0.807. The normalized spacial score (nSPS) is 52.1. The van der Waals surface area contributed by atoms with E-state index < -0.39 is 10.0 Å². The minimum absolute atomic E-state index is 0.0521. The van der Waals surface area contributed by atoms with Crippen molar-refractivity contribution in [2.24, 2.45) is 16.7 Å². The van der Waals surface area contributed by atoms with E-state index in [0.29, 0.717) is 5.75 Å². The molecule has 3 aliphatic rings. The molecule has 0 amide bonds. The lowest BCUT2D eigenvalue weighted by molar-refractivity contribution is 0.146. The van der Waals surface area contributed by atoms with Gasteiger partial charge in [0.2, 0.25) is 10.0 Å². The van der Waals surface area contributed by atoms with Crippen molar-refractivity contribution >= 4 is 10.0 Å². The summed E-state index contributed by atoms with van der Waals surface area (Å²) in [5.41, 5.74) is 0.269. The molecule has 0 unspecified atom stereocenters. The average molecular weight is 215 g/mol. The number of sulfonamides is 1. The fourth-order valence-corrected chi connectivity index (χ4v) is 6.42. The topological polar surface area (TPSA) is 46.2 Å². The van der Waals surface area contributed by atoms with Gasteiger partial charge in [-0.25, -0.2) is 13.1 Å². The molecule has 2 saturated carbocycles. The van der Waals surface area contributed by atoms with Crippen LogP contribution in [0.4, 0.5) is 0 Å². The molecule has 1 spiro atoms. The van der Waals surface area contributed by atoms with Crippen LogP contribution < -0.4 is 4.72 Å². The fraction of sp³-hybridized carbons (Fsp3) is 1.00. The van der Waals surface area contributed by atoms with Crippen LogP contribution in [0.1, 0.15) is 33.1 Å². The van der Waals surface area contributed by atoms with E-state index in [4.69, 9.17) is 0 Å². The minimum atomic E-state index is -2.97. The zero-order valence-corrected chi connectivity index (χ0v) is 9.52. The summed E-state index contributed by atoms with van der Waals surface area (Å²) in [6, 6.07) is 0.237. The number of hydrogen-bond donors (Lipinski definition) is 1. The van der Waals surface area contributed by atoms with Gasteiger partial charge in [-0.1, -0.05) is 13.8 Å². The van der Waals surface area contributed by atoms with Gasteiger partial charge in [0.05, 0.1) is 5.75 Å². The Kier molecular flexibility index (Phi) is 1.43. The SMILES string of the molecule is CC1(C)[C@@H]2CC[C@]13CS(=O)(=O)N[C@H]3C2. The molecule has 0 aromatic rings. The molecule has 0 aromatic carbocycles. The highest BCUT2D eigenvalue weighted by atomic mass is 32.2. The zero-order chi connectivity index (χ0) is 10.2. The second kappa shape index (κ2) is 2.19. The molecule has 80 valence electrons. The van der Waals surface area contributed by atoms with E-state index >= 15 is 0 Å². The lowest BCUT2D eigenvalue weighted by Crippen LogP contribution is -2.39. The molecule has 1 aliphatic heterocycles. The molecule has 1 N–H and O–H groups in total. The quantitative estimate of drug-likeness (QED) is 0.658. The molecule has 1 heterocycles. The Hall–Kier alpha value is -0.0900. The Labute approximate surface area is 85.3 Å². The second-order valence-electron chi connectivity index (χ2n) is 5.78. The predicted molar refractivity (Wildman–Crippen MR) is 54.3 cm³/mol. The van der Waals surface area contributed by atoms with Crippen molar-refractivity contribution in [3.05, 3.63) is 0 Å². The van der Waals surface area contributed by atoms with Crippen molar-refractivity contribution in [3.63, 3.8) is 0 Å². The largest absolute Gasteiger partial charge is 0.212 e. The van der Waals surface area contributed by atoms with Gasteiger partial charge in [-0.3, -0.25) is 0 Å². The van der Waals surface area contributed by atoms with Crippen LogP contribution in [0, 0.1) is 16.7 Å². The van der Waals surface area contributed by atoms with E-state index in [1.807, 2.05) is 0 Å². The molecular formula is C10H17NO2S. The van der Waals surface area contributed by atoms with Crippen LogP contribution in [-0.4, -0.2) is 20.2 Å². The van der Waals surface area contributed by atoms with Gasteiger partial charge in [0.1, 0.15) is 0 Å². The Balaban J connectivity index is 2.13. The predicted octanol–water partition coefficient (Wildman–Crippen LogP) is 1.11. The van der Waals surface area contributed by atoms with Gasteiger partial charge < -0.3 is 0 Å². The van der Waals surface area contributed by atoms with Crippen LogP contribution in [-0.2, 0) is 10.0 Å². The Morgan fingerprint density at radius 3 is 2.64 bits per heavy atom. The summed E-state index contributed by atoms with van der Waals surface area (Å²) in [4.78, 5) is 0. The number of hydrogen-bond acceptors (Lipinski definition) is 2. The smallest absolute Gasteiger partial charge is 0.212 e. The molecule has 3 rings (SSSR count). The second-order valence-corrected chi connectivity index (χ2v) is 7.53. The molecule has 3 fully saturated rings. The molecule has 0 radical (unpaired) electrons. The van der Waals surface area contributed by atoms with Crippen LogP contribution in [0.15, 0.2) is 0 Å². The third-order valence-corrected chi connectivity index (χ3v) is 6.74. The fourth-order valence-electron chi connectivity index (χ4n) is 4.18. The van der Waals surface area contributed by atoms with Crippen molar-refractivity contribution in [1.29, 1.82) is 0 Å². The summed E-state index contributed by atoms with van der Waals surface area (Å²) in [7, 11) is -2.97. The van der Waals surface area contributed by atoms with Gasteiger partial charge in [0.25, 0.3) is 0 Å². The van der Waals surface area contributed by atoms with Gasteiger partial charge in [0, 0.05) is 11.5 Å². The third-order valence-electron chi connectivity index (χ3n) is 5.20. The molecule has 2 bridgehead atoms. The molecular weight excluding hydrogens is 198 g/mol. The summed E-state index contributed by atoms with van der Waals surface area (Å²) in [5, 5.41) is 0. The summed E-state index contributed by atoms with van der Waals surface area (Å²) in [6.07, 6.45) is 3.38. The first-order valence-corrected chi connectivity index (χ1v) is 7.03.